The van der Waals surface area contributed by atoms with Crippen molar-refractivity contribution in [3.8, 4) is 11.8 Å². The Morgan fingerprint density at radius 2 is 1.71 bits per heavy atom. The van der Waals surface area contributed by atoms with Gasteiger partial charge in [-0.3, -0.25) is 4.79 Å². The average molecular weight is 492 g/mol. The minimum Gasteiger partial charge on any atom is -0.487 e. The highest BCUT2D eigenvalue weighted by Gasteiger charge is 2.12. The number of hydrogen-bond acceptors (Lipinski definition) is 3. The molecule has 0 unspecified atom stereocenters. The standard InChI is InChI=1S/C23H14Cl4N2O2/c24-18-4-2-1-3-15(18)13-31-22-8-5-14(10-21(22)27)9-16(12-28)23(30)29-17-6-7-19(25)20(26)11-17/h1-11H,13H2,(H,29,30)/b16-9+. The second-order valence-corrected chi connectivity index (χ2v) is 7.95. The van der Waals surface area contributed by atoms with Gasteiger partial charge in [-0.15, -0.1) is 0 Å². The molecule has 0 saturated carbocycles. The van der Waals surface area contributed by atoms with Gasteiger partial charge in [0.25, 0.3) is 5.91 Å². The number of halogens is 4. The lowest BCUT2D eigenvalue weighted by atomic mass is 10.1. The quantitative estimate of drug-likeness (QED) is 0.288. The van der Waals surface area contributed by atoms with Gasteiger partial charge in [0.05, 0.1) is 15.1 Å². The van der Waals surface area contributed by atoms with Gasteiger partial charge in [-0.1, -0.05) is 70.7 Å². The molecule has 1 N–H and O–H groups in total. The van der Waals surface area contributed by atoms with Crippen molar-refractivity contribution in [1.29, 1.82) is 5.26 Å². The van der Waals surface area contributed by atoms with E-state index >= 15 is 0 Å². The molecule has 3 aromatic carbocycles. The lowest BCUT2D eigenvalue weighted by Crippen LogP contribution is -2.13. The lowest BCUT2D eigenvalue weighted by Gasteiger charge is -2.10. The van der Waals surface area contributed by atoms with E-state index in [-0.39, 0.29) is 12.2 Å². The number of nitrogens with zero attached hydrogens (tertiary/aromatic N) is 1. The molecule has 0 spiro atoms. The first-order chi connectivity index (χ1) is 14.9. The van der Waals surface area contributed by atoms with Crippen LogP contribution >= 0.6 is 46.4 Å². The number of ether oxygens (including phenoxy) is 1. The highest BCUT2D eigenvalue weighted by Crippen LogP contribution is 2.29. The molecule has 0 aliphatic heterocycles. The molecule has 0 bridgehead atoms. The van der Waals surface area contributed by atoms with Crippen molar-refractivity contribution in [2.45, 2.75) is 6.61 Å². The van der Waals surface area contributed by atoms with Crippen LogP contribution in [0.25, 0.3) is 6.08 Å². The average Bonchev–Trinajstić information content (AvgIpc) is 2.75. The van der Waals surface area contributed by atoms with E-state index in [9.17, 15) is 10.1 Å². The first-order valence-electron chi connectivity index (χ1n) is 8.91. The molecule has 3 aromatic rings. The van der Waals surface area contributed by atoms with Gasteiger partial charge < -0.3 is 10.1 Å². The molecule has 3 rings (SSSR count). The fraction of sp³-hybridized carbons (Fsp3) is 0.0435. The Hall–Kier alpha value is -2.68. The van der Waals surface area contributed by atoms with Gasteiger partial charge in [-0.25, -0.2) is 0 Å². The van der Waals surface area contributed by atoms with Crippen molar-refractivity contribution < 1.29 is 9.53 Å². The fourth-order valence-corrected chi connectivity index (χ4v) is 3.31. The number of hydrogen-bond donors (Lipinski definition) is 1. The van der Waals surface area contributed by atoms with Crippen LogP contribution in [0.4, 0.5) is 5.69 Å². The Labute approximate surface area is 199 Å². The van der Waals surface area contributed by atoms with E-state index in [1.54, 1.807) is 36.4 Å². The number of rotatable bonds is 6. The zero-order valence-corrected chi connectivity index (χ0v) is 18.9. The highest BCUT2D eigenvalue weighted by atomic mass is 35.5. The van der Waals surface area contributed by atoms with Gasteiger partial charge in [-0.05, 0) is 48.0 Å². The van der Waals surface area contributed by atoms with Crippen LogP contribution in [-0.4, -0.2) is 5.91 Å². The number of nitrogens with one attached hydrogen (secondary N) is 1. The Morgan fingerprint density at radius 1 is 0.935 bits per heavy atom. The Balaban J connectivity index is 1.72. The number of amides is 1. The monoisotopic (exact) mass is 490 g/mol. The molecule has 31 heavy (non-hydrogen) atoms. The molecule has 8 heteroatoms. The van der Waals surface area contributed by atoms with Crippen LogP contribution in [0.5, 0.6) is 5.75 Å². The van der Waals surface area contributed by atoms with Crippen molar-refractivity contribution in [1.82, 2.24) is 0 Å². The largest absolute Gasteiger partial charge is 0.487 e. The Kier molecular flexibility index (Phi) is 7.84. The molecule has 0 atom stereocenters. The third kappa shape index (κ3) is 6.16. The minimum absolute atomic E-state index is 0.105. The smallest absolute Gasteiger partial charge is 0.266 e. The molecular formula is C23H14Cl4N2O2. The summed E-state index contributed by atoms with van der Waals surface area (Å²) >= 11 is 24.3. The second-order valence-electron chi connectivity index (χ2n) is 6.32. The molecule has 0 aliphatic carbocycles. The van der Waals surface area contributed by atoms with Crippen LogP contribution in [0.15, 0.2) is 66.2 Å². The lowest BCUT2D eigenvalue weighted by molar-refractivity contribution is -0.112. The van der Waals surface area contributed by atoms with Crippen molar-refractivity contribution in [3.05, 3.63) is 97.5 Å². The van der Waals surface area contributed by atoms with E-state index in [1.165, 1.54) is 12.1 Å². The molecule has 1 amide bonds. The zero-order chi connectivity index (χ0) is 22.4. The van der Waals surface area contributed by atoms with Gasteiger partial charge in [0.15, 0.2) is 0 Å². The predicted octanol–water partition coefficient (Wildman–Crippen LogP) is 7.42. The number of carbonyl (C=O) groups excluding carboxylic acids is 1. The van der Waals surface area contributed by atoms with Crippen molar-refractivity contribution >= 4 is 64.1 Å². The molecule has 0 aliphatic rings. The minimum atomic E-state index is -0.587. The van der Waals surface area contributed by atoms with E-state index < -0.39 is 5.91 Å². The van der Waals surface area contributed by atoms with Gasteiger partial charge in [0, 0.05) is 16.3 Å². The van der Waals surface area contributed by atoms with E-state index in [4.69, 9.17) is 51.1 Å². The van der Waals surface area contributed by atoms with E-state index in [0.717, 1.165) is 5.56 Å². The van der Waals surface area contributed by atoms with Crippen LogP contribution in [-0.2, 0) is 11.4 Å². The maximum absolute atomic E-state index is 12.4. The summed E-state index contributed by atoms with van der Waals surface area (Å²) in [5.74, 6) is -0.131. The molecule has 156 valence electrons. The summed E-state index contributed by atoms with van der Waals surface area (Å²) in [6.07, 6.45) is 1.43. The second kappa shape index (κ2) is 10.6. The van der Waals surface area contributed by atoms with E-state index in [2.05, 4.69) is 5.32 Å². The first kappa shape index (κ1) is 23.0. The Bertz CT molecular complexity index is 1200. The summed E-state index contributed by atoms with van der Waals surface area (Å²) in [5.41, 5.74) is 1.71. The van der Waals surface area contributed by atoms with Gasteiger partial charge >= 0.3 is 0 Å². The van der Waals surface area contributed by atoms with Gasteiger partial charge in [0.1, 0.15) is 24.0 Å². The SMILES string of the molecule is N#C/C(=C\c1ccc(OCc2ccccc2Cl)c(Cl)c1)C(=O)Nc1ccc(Cl)c(Cl)c1. The summed E-state index contributed by atoms with van der Waals surface area (Å²) in [6.45, 7) is 0.254. The van der Waals surface area contributed by atoms with Crippen molar-refractivity contribution in [3.63, 3.8) is 0 Å². The number of nitriles is 1. The maximum Gasteiger partial charge on any atom is 0.266 e. The topological polar surface area (TPSA) is 62.1 Å². The van der Waals surface area contributed by atoms with E-state index in [1.807, 2.05) is 24.3 Å². The molecule has 0 radical (unpaired) electrons. The van der Waals surface area contributed by atoms with Crippen LogP contribution in [0, 0.1) is 11.3 Å². The summed E-state index contributed by atoms with van der Waals surface area (Å²) in [5, 5.41) is 13.6. The summed E-state index contributed by atoms with van der Waals surface area (Å²) in [4.78, 5) is 12.4. The molecular weight excluding hydrogens is 478 g/mol. The third-order valence-electron chi connectivity index (χ3n) is 4.15. The third-order valence-corrected chi connectivity index (χ3v) is 5.55. The zero-order valence-electron chi connectivity index (χ0n) is 15.8. The molecule has 4 nitrogen and oxygen atoms in total. The van der Waals surface area contributed by atoms with Gasteiger partial charge in [0.2, 0.25) is 0 Å². The fourth-order valence-electron chi connectivity index (χ4n) is 2.58. The number of carbonyl (C=O) groups is 1. The molecule has 0 saturated heterocycles. The molecule has 0 heterocycles. The van der Waals surface area contributed by atoms with Crippen molar-refractivity contribution in [2.24, 2.45) is 0 Å². The van der Waals surface area contributed by atoms with Gasteiger partial charge in [-0.2, -0.15) is 5.26 Å². The highest BCUT2D eigenvalue weighted by molar-refractivity contribution is 6.42. The number of benzene rings is 3. The van der Waals surface area contributed by atoms with Crippen molar-refractivity contribution in [2.75, 3.05) is 5.32 Å². The summed E-state index contributed by atoms with van der Waals surface area (Å²) in [6, 6.07) is 18.8. The number of anilines is 1. The molecule has 0 aromatic heterocycles. The van der Waals surface area contributed by atoms with Crippen LogP contribution in [0.2, 0.25) is 20.1 Å². The first-order valence-corrected chi connectivity index (χ1v) is 10.4. The Morgan fingerprint density at radius 3 is 2.39 bits per heavy atom. The van der Waals surface area contributed by atoms with Crippen LogP contribution < -0.4 is 10.1 Å². The van der Waals surface area contributed by atoms with E-state index in [0.29, 0.717) is 37.1 Å². The summed E-state index contributed by atoms with van der Waals surface area (Å²) in [7, 11) is 0. The normalized spacial score (nSPS) is 11.0. The predicted molar refractivity (Wildman–Crippen MR) is 126 cm³/mol. The van der Waals surface area contributed by atoms with Crippen LogP contribution in [0.1, 0.15) is 11.1 Å². The summed E-state index contributed by atoms with van der Waals surface area (Å²) < 4.78 is 5.73. The maximum atomic E-state index is 12.4. The molecule has 0 fully saturated rings. The van der Waals surface area contributed by atoms with Crippen LogP contribution in [0.3, 0.4) is 0 Å².